The average molecular weight is 112 g/mol. The first-order valence-corrected chi connectivity index (χ1v) is 2.70. The highest BCUT2D eigenvalue weighted by Crippen LogP contribution is 2.03. The molecule has 0 radical (unpaired) electrons. The molecule has 0 saturated heterocycles. The normalized spacial score (nSPS) is 12.1. The van der Waals surface area contributed by atoms with Crippen LogP contribution in [0.2, 0.25) is 0 Å². The van der Waals surface area contributed by atoms with Crippen molar-refractivity contribution < 1.29 is 5.11 Å². The largest absolute Gasteiger partial charge is 0.512 e. The van der Waals surface area contributed by atoms with Crippen molar-refractivity contribution in [1.82, 2.24) is 0 Å². The molecule has 0 saturated carbocycles. The fourth-order valence-electron chi connectivity index (χ4n) is 0.313. The second kappa shape index (κ2) is 3.30. The summed E-state index contributed by atoms with van der Waals surface area (Å²) in [6.45, 7) is 7.30. The minimum absolute atomic E-state index is 0.216. The van der Waals surface area contributed by atoms with Gasteiger partial charge in [-0.25, -0.2) is 0 Å². The molecule has 0 atom stereocenters. The van der Waals surface area contributed by atoms with E-state index in [0.29, 0.717) is 5.76 Å². The molecule has 0 fully saturated rings. The first-order valence-electron chi connectivity index (χ1n) is 2.70. The summed E-state index contributed by atoms with van der Waals surface area (Å²) in [6.07, 6.45) is 3.18. The quantitative estimate of drug-likeness (QED) is 0.429. The Balaban J connectivity index is 3.78. The Morgan fingerprint density at radius 3 is 2.25 bits per heavy atom. The summed E-state index contributed by atoms with van der Waals surface area (Å²) in [5.41, 5.74) is 0. The fraction of sp³-hybridized carbons (Fsp3) is 0.429. The summed E-state index contributed by atoms with van der Waals surface area (Å²) in [5, 5.41) is 8.92. The van der Waals surface area contributed by atoms with Crippen LogP contribution in [0.1, 0.15) is 13.8 Å². The van der Waals surface area contributed by atoms with Crippen molar-refractivity contribution >= 4 is 0 Å². The van der Waals surface area contributed by atoms with Crippen LogP contribution in [0.25, 0.3) is 0 Å². The second-order valence-electron chi connectivity index (χ2n) is 1.98. The molecule has 0 aliphatic rings. The lowest BCUT2D eigenvalue weighted by Gasteiger charge is -1.99. The monoisotopic (exact) mass is 112 g/mol. The lowest BCUT2D eigenvalue weighted by atomic mass is 10.2. The predicted molar refractivity (Wildman–Crippen MR) is 35.7 cm³/mol. The van der Waals surface area contributed by atoms with Crippen LogP contribution in [0, 0.1) is 5.92 Å². The van der Waals surface area contributed by atoms with E-state index in [-0.39, 0.29) is 5.92 Å². The zero-order valence-corrected chi connectivity index (χ0v) is 5.39. The molecule has 1 nitrogen and oxygen atoms in total. The third-order valence-corrected chi connectivity index (χ3v) is 0.880. The van der Waals surface area contributed by atoms with Gasteiger partial charge in [0.1, 0.15) is 0 Å². The van der Waals surface area contributed by atoms with Gasteiger partial charge in [0, 0.05) is 5.92 Å². The van der Waals surface area contributed by atoms with Crippen molar-refractivity contribution in [3.63, 3.8) is 0 Å². The molecule has 1 N–H and O–H groups in total. The van der Waals surface area contributed by atoms with E-state index in [9.17, 15) is 0 Å². The van der Waals surface area contributed by atoms with Gasteiger partial charge in [-0.3, -0.25) is 0 Å². The maximum atomic E-state index is 8.92. The van der Waals surface area contributed by atoms with Gasteiger partial charge in [0.15, 0.2) is 0 Å². The topological polar surface area (TPSA) is 20.2 Å². The van der Waals surface area contributed by atoms with Crippen molar-refractivity contribution in [3.05, 3.63) is 24.5 Å². The van der Waals surface area contributed by atoms with Crippen molar-refractivity contribution in [2.75, 3.05) is 0 Å². The van der Waals surface area contributed by atoms with Crippen LogP contribution in [0.3, 0.4) is 0 Å². The summed E-state index contributed by atoms with van der Waals surface area (Å²) in [5.74, 6) is 0.605. The highest BCUT2D eigenvalue weighted by Gasteiger charge is 1.94. The minimum Gasteiger partial charge on any atom is -0.512 e. The van der Waals surface area contributed by atoms with Gasteiger partial charge < -0.3 is 5.11 Å². The Kier molecular flexibility index (Phi) is 3.01. The van der Waals surface area contributed by atoms with E-state index >= 15 is 0 Å². The van der Waals surface area contributed by atoms with Gasteiger partial charge >= 0.3 is 0 Å². The zero-order chi connectivity index (χ0) is 6.57. The van der Waals surface area contributed by atoms with Crippen molar-refractivity contribution in [1.29, 1.82) is 0 Å². The standard InChI is InChI=1S/C7H12O/c1-4-5-7(8)6(2)3/h4-6,8H,1H2,2-3H3/b7-5+. The molecule has 1 heteroatoms. The molecular formula is C7H12O. The SMILES string of the molecule is C=C/C=C(/O)C(C)C. The van der Waals surface area contributed by atoms with E-state index in [2.05, 4.69) is 6.58 Å². The molecule has 0 bridgehead atoms. The predicted octanol–water partition coefficient (Wildman–Crippen LogP) is 2.27. The summed E-state index contributed by atoms with van der Waals surface area (Å²) in [6, 6.07) is 0. The van der Waals surface area contributed by atoms with E-state index in [4.69, 9.17) is 5.11 Å². The molecular weight excluding hydrogens is 100 g/mol. The van der Waals surface area contributed by atoms with Gasteiger partial charge in [-0.1, -0.05) is 26.5 Å². The number of allylic oxidation sites excluding steroid dienone is 3. The zero-order valence-electron chi connectivity index (χ0n) is 5.39. The highest BCUT2D eigenvalue weighted by molar-refractivity contribution is 5.04. The van der Waals surface area contributed by atoms with Gasteiger partial charge in [-0.05, 0) is 6.08 Å². The van der Waals surface area contributed by atoms with Crippen LogP contribution >= 0.6 is 0 Å². The van der Waals surface area contributed by atoms with Crippen LogP contribution in [0.5, 0.6) is 0 Å². The first kappa shape index (κ1) is 7.28. The van der Waals surface area contributed by atoms with E-state index in [0.717, 1.165) is 0 Å². The van der Waals surface area contributed by atoms with E-state index in [1.807, 2.05) is 13.8 Å². The number of hydrogen-bond acceptors (Lipinski definition) is 1. The van der Waals surface area contributed by atoms with Gasteiger partial charge in [0.25, 0.3) is 0 Å². The highest BCUT2D eigenvalue weighted by atomic mass is 16.3. The number of rotatable bonds is 2. The molecule has 0 amide bonds. The van der Waals surface area contributed by atoms with Crippen LogP contribution in [-0.2, 0) is 0 Å². The molecule has 0 heterocycles. The van der Waals surface area contributed by atoms with Crippen LogP contribution in [-0.4, -0.2) is 5.11 Å². The maximum Gasteiger partial charge on any atom is 0.0947 e. The summed E-state index contributed by atoms with van der Waals surface area (Å²) < 4.78 is 0. The summed E-state index contributed by atoms with van der Waals surface area (Å²) in [4.78, 5) is 0. The minimum atomic E-state index is 0.216. The number of aliphatic hydroxyl groups is 1. The lowest BCUT2D eigenvalue weighted by molar-refractivity contribution is 0.352. The van der Waals surface area contributed by atoms with Crippen molar-refractivity contribution in [2.45, 2.75) is 13.8 Å². The second-order valence-corrected chi connectivity index (χ2v) is 1.98. The van der Waals surface area contributed by atoms with E-state index in [1.165, 1.54) is 0 Å². The molecule has 46 valence electrons. The van der Waals surface area contributed by atoms with Gasteiger partial charge in [-0.2, -0.15) is 0 Å². The van der Waals surface area contributed by atoms with Crippen LogP contribution < -0.4 is 0 Å². The molecule has 0 aromatic heterocycles. The van der Waals surface area contributed by atoms with Crippen molar-refractivity contribution in [3.8, 4) is 0 Å². The number of hydrogen-bond donors (Lipinski definition) is 1. The number of aliphatic hydroxyl groups excluding tert-OH is 1. The smallest absolute Gasteiger partial charge is 0.0947 e. The van der Waals surface area contributed by atoms with E-state index < -0.39 is 0 Å². The Labute approximate surface area is 50.3 Å². The Morgan fingerprint density at radius 2 is 2.12 bits per heavy atom. The molecule has 0 spiro atoms. The first-order chi connectivity index (χ1) is 3.68. The van der Waals surface area contributed by atoms with Gasteiger partial charge in [0.05, 0.1) is 5.76 Å². The third kappa shape index (κ3) is 2.45. The molecule has 0 aliphatic carbocycles. The molecule has 0 rings (SSSR count). The fourth-order valence-corrected chi connectivity index (χ4v) is 0.313. The Hall–Kier alpha value is -0.720. The Bertz CT molecular complexity index is 101. The Morgan fingerprint density at radius 1 is 1.62 bits per heavy atom. The molecule has 0 aliphatic heterocycles. The van der Waals surface area contributed by atoms with Gasteiger partial charge in [0.2, 0.25) is 0 Å². The average Bonchev–Trinajstić information content (AvgIpc) is 1.67. The molecule has 0 aromatic rings. The van der Waals surface area contributed by atoms with Gasteiger partial charge in [-0.15, -0.1) is 0 Å². The van der Waals surface area contributed by atoms with E-state index in [1.54, 1.807) is 12.2 Å². The lowest BCUT2D eigenvalue weighted by Crippen LogP contribution is -1.89. The summed E-state index contributed by atoms with van der Waals surface area (Å²) >= 11 is 0. The molecule has 8 heavy (non-hydrogen) atoms. The summed E-state index contributed by atoms with van der Waals surface area (Å²) in [7, 11) is 0. The molecule has 0 unspecified atom stereocenters. The third-order valence-electron chi connectivity index (χ3n) is 0.880. The molecule has 0 aromatic carbocycles. The van der Waals surface area contributed by atoms with Crippen LogP contribution in [0.4, 0.5) is 0 Å². The maximum absolute atomic E-state index is 8.92. The van der Waals surface area contributed by atoms with Crippen LogP contribution in [0.15, 0.2) is 24.5 Å². The van der Waals surface area contributed by atoms with Crippen molar-refractivity contribution in [2.24, 2.45) is 5.92 Å².